The van der Waals surface area contributed by atoms with Gasteiger partial charge in [-0.3, -0.25) is 9.59 Å². The van der Waals surface area contributed by atoms with Gasteiger partial charge in [-0.15, -0.1) is 0 Å². The number of carbonyl (C=O) groups is 3. The van der Waals surface area contributed by atoms with E-state index in [9.17, 15) is 19.5 Å². The Morgan fingerprint density at radius 3 is 1.30 bits per heavy atom. The van der Waals surface area contributed by atoms with Gasteiger partial charge in [0.15, 0.2) is 12.1 Å². The number of ether oxygens (including phenoxy) is 3. The van der Waals surface area contributed by atoms with E-state index in [2.05, 4.69) is 111 Å². The fourth-order valence-corrected chi connectivity index (χ4v) is 6.19. The topological polar surface area (TPSA) is 99.1 Å². The Morgan fingerprint density at radius 1 is 0.500 bits per heavy atom. The third kappa shape index (κ3) is 39.7. The van der Waals surface area contributed by atoms with Crippen LogP contribution in [-0.4, -0.2) is 80.6 Å². The van der Waals surface area contributed by atoms with Crippen molar-refractivity contribution in [3.8, 4) is 0 Å². The molecule has 0 saturated carbocycles. The lowest BCUT2D eigenvalue weighted by Crippen LogP contribution is -2.50. The molecule has 0 radical (unpaired) electrons. The van der Waals surface area contributed by atoms with Gasteiger partial charge >= 0.3 is 17.9 Å². The van der Waals surface area contributed by atoms with Gasteiger partial charge in [-0.25, -0.2) is 4.79 Å². The molecule has 0 rings (SSSR count). The highest BCUT2D eigenvalue weighted by atomic mass is 16.6. The maximum atomic E-state index is 12.7. The van der Waals surface area contributed by atoms with Crippen molar-refractivity contribution in [1.29, 1.82) is 0 Å². The molecule has 0 aromatic carbocycles. The van der Waals surface area contributed by atoms with Crippen molar-refractivity contribution in [1.82, 2.24) is 0 Å². The van der Waals surface area contributed by atoms with Crippen molar-refractivity contribution in [2.24, 2.45) is 0 Å². The first kappa shape index (κ1) is 56.2. The van der Waals surface area contributed by atoms with Gasteiger partial charge in [0.1, 0.15) is 6.61 Å². The molecule has 2 atom stereocenters. The SMILES string of the molecule is CC/C=C/C/C=C/C/C=C/C/C=C/C/C=C/CCCCCCC(=O)OCC(COCCC(C(=O)O)[N+](C)(C)C)OC(=O)CCCCCCCC/C=C/C/C=C/C/C=C/CC. The first-order valence-electron chi connectivity index (χ1n) is 23.3. The molecule has 0 fully saturated rings. The summed E-state index contributed by atoms with van der Waals surface area (Å²) in [5, 5.41) is 9.63. The summed E-state index contributed by atoms with van der Waals surface area (Å²) in [7, 11) is 5.50. The van der Waals surface area contributed by atoms with Crippen LogP contribution in [0, 0.1) is 0 Å². The Labute approximate surface area is 366 Å². The molecule has 0 aliphatic carbocycles. The van der Waals surface area contributed by atoms with E-state index in [1.165, 1.54) is 12.8 Å². The molecule has 1 N–H and O–H groups in total. The van der Waals surface area contributed by atoms with E-state index in [1.54, 1.807) is 0 Å². The van der Waals surface area contributed by atoms with Crippen molar-refractivity contribution < 1.29 is 38.2 Å². The number of likely N-dealkylation sites (N-methyl/N-ethyl adjacent to an activating group) is 1. The summed E-state index contributed by atoms with van der Waals surface area (Å²) in [5.41, 5.74) is 0. The molecule has 0 saturated heterocycles. The second kappa shape index (κ2) is 42.0. The van der Waals surface area contributed by atoms with Crippen LogP contribution >= 0.6 is 0 Å². The molecule has 8 nitrogen and oxygen atoms in total. The number of rotatable bonds is 40. The molecular weight excluding hydrogens is 751 g/mol. The van der Waals surface area contributed by atoms with Gasteiger partial charge < -0.3 is 23.8 Å². The summed E-state index contributed by atoms with van der Waals surface area (Å²) in [6.45, 7) is 4.45. The van der Waals surface area contributed by atoms with Crippen molar-refractivity contribution in [2.45, 2.75) is 174 Å². The first-order valence-corrected chi connectivity index (χ1v) is 23.3. The number of nitrogens with zero attached hydrogens (tertiary/aromatic N) is 1. The second-order valence-electron chi connectivity index (χ2n) is 16.2. The molecule has 0 aliphatic heterocycles. The third-order valence-electron chi connectivity index (χ3n) is 9.73. The van der Waals surface area contributed by atoms with E-state index in [1.807, 2.05) is 21.1 Å². The van der Waals surface area contributed by atoms with Crippen LogP contribution in [0.1, 0.15) is 162 Å². The largest absolute Gasteiger partial charge is 0.477 e. The summed E-state index contributed by atoms with van der Waals surface area (Å²) < 4.78 is 17.3. The number of quaternary nitrogens is 1. The number of unbranched alkanes of at least 4 members (excludes halogenated alkanes) is 10. The normalized spacial score (nSPS) is 13.8. The van der Waals surface area contributed by atoms with Crippen LogP contribution in [0.2, 0.25) is 0 Å². The van der Waals surface area contributed by atoms with Crippen LogP contribution in [0.3, 0.4) is 0 Å². The Kier molecular flexibility index (Phi) is 39.3. The van der Waals surface area contributed by atoms with Crippen LogP contribution in [0.4, 0.5) is 0 Å². The monoisotopic (exact) mass is 837 g/mol. The zero-order chi connectivity index (χ0) is 44.2. The molecular formula is C52H86NO7+. The Morgan fingerprint density at radius 2 is 0.883 bits per heavy atom. The van der Waals surface area contributed by atoms with Gasteiger partial charge in [-0.2, -0.15) is 0 Å². The van der Waals surface area contributed by atoms with Crippen molar-refractivity contribution in [2.75, 3.05) is 41.0 Å². The molecule has 0 aromatic heterocycles. The number of esters is 2. The van der Waals surface area contributed by atoms with Gasteiger partial charge in [-0.1, -0.05) is 150 Å². The lowest BCUT2D eigenvalue weighted by atomic mass is 10.1. The molecule has 0 bridgehead atoms. The van der Waals surface area contributed by atoms with Gasteiger partial charge in [0.05, 0.1) is 34.4 Å². The fraction of sp³-hybridized carbons (Fsp3) is 0.635. The first-order chi connectivity index (χ1) is 29.1. The van der Waals surface area contributed by atoms with Crippen LogP contribution in [0.15, 0.2) is 97.2 Å². The highest BCUT2D eigenvalue weighted by Crippen LogP contribution is 2.13. The van der Waals surface area contributed by atoms with E-state index < -0.39 is 18.1 Å². The molecule has 8 heteroatoms. The Hall–Kier alpha value is -3.75. The number of aliphatic carboxylic acids is 1. The number of allylic oxidation sites excluding steroid dienone is 16. The van der Waals surface area contributed by atoms with Crippen LogP contribution < -0.4 is 0 Å². The molecule has 0 spiro atoms. The number of hydrogen-bond donors (Lipinski definition) is 1. The minimum atomic E-state index is -0.885. The quantitative estimate of drug-likeness (QED) is 0.0284. The molecule has 0 aliphatic rings. The molecule has 0 amide bonds. The number of carbonyl (C=O) groups excluding carboxylic acids is 2. The van der Waals surface area contributed by atoms with Gasteiger partial charge in [0, 0.05) is 19.3 Å². The maximum Gasteiger partial charge on any atom is 0.362 e. The minimum absolute atomic E-state index is 0.0410. The molecule has 60 heavy (non-hydrogen) atoms. The number of carboxylic acid groups (broad SMARTS) is 1. The third-order valence-corrected chi connectivity index (χ3v) is 9.73. The predicted octanol–water partition coefficient (Wildman–Crippen LogP) is 13.1. The molecule has 0 aromatic rings. The van der Waals surface area contributed by atoms with E-state index in [0.29, 0.717) is 19.3 Å². The summed E-state index contributed by atoms with van der Waals surface area (Å²) >= 11 is 0. The summed E-state index contributed by atoms with van der Waals surface area (Å²) in [6, 6.07) is -0.627. The van der Waals surface area contributed by atoms with Crippen LogP contribution in [0.5, 0.6) is 0 Å². The Balaban J connectivity index is 4.40. The summed E-state index contributed by atoms with van der Waals surface area (Å²) in [6.07, 6.45) is 55.9. The van der Waals surface area contributed by atoms with Crippen LogP contribution in [0.25, 0.3) is 0 Å². The van der Waals surface area contributed by atoms with E-state index in [-0.39, 0.29) is 36.2 Å². The van der Waals surface area contributed by atoms with Gasteiger partial charge in [-0.05, 0) is 89.9 Å². The smallest absolute Gasteiger partial charge is 0.362 e. The highest BCUT2D eigenvalue weighted by molar-refractivity contribution is 5.72. The van der Waals surface area contributed by atoms with Crippen molar-refractivity contribution >= 4 is 17.9 Å². The number of carboxylic acids is 1. The second-order valence-corrected chi connectivity index (χ2v) is 16.2. The lowest BCUT2D eigenvalue weighted by molar-refractivity contribution is -0.887. The summed E-state index contributed by atoms with van der Waals surface area (Å²) in [5.74, 6) is -1.53. The Bertz CT molecular complexity index is 1300. The highest BCUT2D eigenvalue weighted by Gasteiger charge is 2.31. The van der Waals surface area contributed by atoms with Crippen molar-refractivity contribution in [3.05, 3.63) is 97.2 Å². The van der Waals surface area contributed by atoms with E-state index in [0.717, 1.165) is 116 Å². The average Bonchev–Trinajstić information content (AvgIpc) is 3.21. The lowest BCUT2D eigenvalue weighted by Gasteiger charge is -2.31. The number of hydrogen-bond acceptors (Lipinski definition) is 6. The molecule has 2 unspecified atom stereocenters. The van der Waals surface area contributed by atoms with Crippen LogP contribution in [-0.2, 0) is 28.6 Å². The van der Waals surface area contributed by atoms with Gasteiger partial charge in [0.2, 0.25) is 0 Å². The standard InChI is InChI=1S/C52H85NO7/c1-6-8-10-12-14-16-18-20-22-24-25-26-27-29-30-32-34-36-38-40-42-50(54)59-47-48(46-58-45-44-49(52(56)57)53(3,4)5)60-51(55)43-41-39-37-35-33-31-28-23-21-19-17-15-13-11-9-7-2/h8-11,14-17,20-23,25-26,29-30,48-49H,6-7,12-13,18-19,24,27-28,31-47H2,1-5H3/p+1/b10-8+,11-9+,16-14+,17-15+,22-20+,23-21+,26-25+,30-29+. The van der Waals surface area contributed by atoms with Gasteiger partial charge in [0.25, 0.3) is 0 Å². The van der Waals surface area contributed by atoms with E-state index >= 15 is 0 Å². The zero-order valence-corrected chi connectivity index (χ0v) is 38.6. The fourth-order valence-electron chi connectivity index (χ4n) is 6.19. The van der Waals surface area contributed by atoms with Crippen molar-refractivity contribution in [3.63, 3.8) is 0 Å². The predicted molar refractivity (Wildman–Crippen MR) is 252 cm³/mol. The molecule has 0 heterocycles. The zero-order valence-electron chi connectivity index (χ0n) is 38.6. The van der Waals surface area contributed by atoms with E-state index in [4.69, 9.17) is 14.2 Å². The summed E-state index contributed by atoms with van der Waals surface area (Å²) in [4.78, 5) is 37.1. The maximum absolute atomic E-state index is 12.7. The molecule has 340 valence electrons. The minimum Gasteiger partial charge on any atom is -0.477 e. The average molecular weight is 837 g/mol.